The smallest absolute Gasteiger partial charge is 0.261 e. The summed E-state index contributed by atoms with van der Waals surface area (Å²) in [6, 6.07) is 10.7. The molecule has 1 N–H and O–H groups in total. The molecular formula is C19H21N3O3. The number of amides is 2. The number of imide groups is 1. The molecule has 0 spiro atoms. The molecule has 0 radical (unpaired) electrons. The number of carbonyl (C=O) groups excluding carboxylic acids is 2. The maximum atomic E-state index is 12.4. The molecule has 6 heteroatoms. The van der Waals surface area contributed by atoms with Crippen molar-refractivity contribution in [2.75, 3.05) is 20.1 Å². The first-order chi connectivity index (χ1) is 12.0. The fourth-order valence-corrected chi connectivity index (χ4v) is 3.06. The SMILES string of the molecule is C[C@H](c1ccncc1)N(C)C[C@@H](O)CN1C(=O)c2ccccc2C1=O. The monoisotopic (exact) mass is 339 g/mol. The summed E-state index contributed by atoms with van der Waals surface area (Å²) >= 11 is 0. The number of aromatic nitrogens is 1. The van der Waals surface area contributed by atoms with Crippen molar-refractivity contribution in [3.8, 4) is 0 Å². The van der Waals surface area contributed by atoms with Gasteiger partial charge in [0.15, 0.2) is 0 Å². The van der Waals surface area contributed by atoms with Crippen LogP contribution in [0.1, 0.15) is 39.2 Å². The van der Waals surface area contributed by atoms with Crippen molar-refractivity contribution in [3.05, 3.63) is 65.5 Å². The number of hydrogen-bond donors (Lipinski definition) is 1. The van der Waals surface area contributed by atoms with Crippen LogP contribution in [0.25, 0.3) is 0 Å². The molecule has 6 nitrogen and oxygen atoms in total. The number of pyridine rings is 1. The van der Waals surface area contributed by atoms with Crippen LogP contribution in [0.2, 0.25) is 0 Å². The predicted molar refractivity (Wildman–Crippen MR) is 93.1 cm³/mol. The van der Waals surface area contributed by atoms with Gasteiger partial charge >= 0.3 is 0 Å². The van der Waals surface area contributed by atoms with Crippen LogP contribution in [0.15, 0.2) is 48.8 Å². The van der Waals surface area contributed by atoms with Gasteiger partial charge < -0.3 is 5.11 Å². The Hall–Kier alpha value is -2.57. The van der Waals surface area contributed by atoms with Crippen LogP contribution in [-0.2, 0) is 0 Å². The Morgan fingerprint density at radius 3 is 2.20 bits per heavy atom. The molecule has 0 saturated heterocycles. The minimum Gasteiger partial charge on any atom is -0.390 e. The highest BCUT2D eigenvalue weighted by Gasteiger charge is 2.36. The maximum absolute atomic E-state index is 12.4. The Morgan fingerprint density at radius 2 is 1.64 bits per heavy atom. The summed E-state index contributed by atoms with van der Waals surface area (Å²) in [6.45, 7) is 2.36. The van der Waals surface area contributed by atoms with E-state index in [1.807, 2.05) is 31.0 Å². The van der Waals surface area contributed by atoms with Crippen LogP contribution < -0.4 is 0 Å². The summed E-state index contributed by atoms with van der Waals surface area (Å²) in [6.07, 6.45) is 2.64. The van der Waals surface area contributed by atoms with E-state index in [0.29, 0.717) is 17.7 Å². The van der Waals surface area contributed by atoms with Gasteiger partial charge in [0.25, 0.3) is 11.8 Å². The highest BCUT2D eigenvalue weighted by Crippen LogP contribution is 2.23. The Bertz CT molecular complexity index is 743. The number of carbonyl (C=O) groups is 2. The van der Waals surface area contributed by atoms with Crippen molar-refractivity contribution in [2.24, 2.45) is 0 Å². The van der Waals surface area contributed by atoms with E-state index in [9.17, 15) is 14.7 Å². The third-order valence-corrected chi connectivity index (χ3v) is 4.62. The van der Waals surface area contributed by atoms with E-state index in [1.54, 1.807) is 36.7 Å². The summed E-state index contributed by atoms with van der Waals surface area (Å²) in [4.78, 5) is 31.8. The quantitative estimate of drug-likeness (QED) is 0.812. The van der Waals surface area contributed by atoms with E-state index in [0.717, 1.165) is 10.5 Å². The molecule has 25 heavy (non-hydrogen) atoms. The lowest BCUT2D eigenvalue weighted by atomic mass is 10.1. The van der Waals surface area contributed by atoms with Gasteiger partial charge in [0.05, 0.1) is 23.8 Å². The number of aliphatic hydroxyl groups excluding tert-OH is 1. The van der Waals surface area contributed by atoms with Crippen LogP contribution in [0.3, 0.4) is 0 Å². The molecule has 3 rings (SSSR count). The molecule has 0 unspecified atom stereocenters. The Kier molecular flexibility index (Phi) is 4.92. The van der Waals surface area contributed by atoms with Crippen LogP contribution in [0.4, 0.5) is 0 Å². The molecule has 0 fully saturated rings. The molecule has 2 amide bonds. The summed E-state index contributed by atoms with van der Waals surface area (Å²) < 4.78 is 0. The average Bonchev–Trinajstić information content (AvgIpc) is 2.87. The van der Waals surface area contributed by atoms with Crippen molar-refractivity contribution in [1.29, 1.82) is 0 Å². The van der Waals surface area contributed by atoms with Crippen LogP contribution >= 0.6 is 0 Å². The number of benzene rings is 1. The lowest BCUT2D eigenvalue weighted by Crippen LogP contribution is -2.42. The Morgan fingerprint density at radius 1 is 1.08 bits per heavy atom. The van der Waals surface area contributed by atoms with Gasteiger partial charge in [-0.1, -0.05) is 12.1 Å². The highest BCUT2D eigenvalue weighted by molar-refractivity contribution is 6.21. The average molecular weight is 339 g/mol. The fraction of sp³-hybridized carbons (Fsp3) is 0.316. The first-order valence-electron chi connectivity index (χ1n) is 8.22. The van der Waals surface area contributed by atoms with Crippen molar-refractivity contribution in [2.45, 2.75) is 19.1 Å². The summed E-state index contributed by atoms with van der Waals surface area (Å²) in [5.74, 6) is -0.686. The van der Waals surface area contributed by atoms with Gasteiger partial charge in [-0.25, -0.2) is 0 Å². The molecule has 2 heterocycles. The summed E-state index contributed by atoms with van der Waals surface area (Å²) in [7, 11) is 1.90. The lowest BCUT2D eigenvalue weighted by Gasteiger charge is -2.28. The number of aliphatic hydroxyl groups is 1. The molecule has 0 aliphatic carbocycles. The third-order valence-electron chi connectivity index (χ3n) is 4.62. The minimum atomic E-state index is -0.823. The normalized spacial score (nSPS) is 16.2. The third kappa shape index (κ3) is 3.45. The molecule has 1 aliphatic rings. The zero-order valence-corrected chi connectivity index (χ0v) is 14.3. The van der Waals surface area contributed by atoms with E-state index >= 15 is 0 Å². The van der Waals surface area contributed by atoms with Gasteiger partial charge in [-0.2, -0.15) is 0 Å². The van der Waals surface area contributed by atoms with Crippen LogP contribution in [0, 0.1) is 0 Å². The highest BCUT2D eigenvalue weighted by atomic mass is 16.3. The molecule has 2 aromatic rings. The molecule has 0 saturated carbocycles. The van der Waals surface area contributed by atoms with Gasteiger partial charge in [0.1, 0.15) is 0 Å². The van der Waals surface area contributed by atoms with Crippen LogP contribution in [-0.4, -0.2) is 57.9 Å². The van der Waals surface area contributed by atoms with Crippen molar-refractivity contribution < 1.29 is 14.7 Å². The second-order valence-corrected chi connectivity index (χ2v) is 6.32. The molecule has 0 bridgehead atoms. The number of rotatable bonds is 6. The van der Waals surface area contributed by atoms with E-state index in [-0.39, 0.29) is 24.4 Å². The van der Waals surface area contributed by atoms with Gasteiger partial charge in [-0.3, -0.25) is 24.4 Å². The van der Waals surface area contributed by atoms with Gasteiger partial charge in [0, 0.05) is 25.0 Å². The van der Waals surface area contributed by atoms with Crippen molar-refractivity contribution in [1.82, 2.24) is 14.8 Å². The molecule has 1 aliphatic heterocycles. The van der Waals surface area contributed by atoms with Gasteiger partial charge in [0.2, 0.25) is 0 Å². The maximum Gasteiger partial charge on any atom is 0.261 e. The van der Waals surface area contributed by atoms with E-state index in [4.69, 9.17) is 0 Å². The van der Waals surface area contributed by atoms with Crippen molar-refractivity contribution >= 4 is 11.8 Å². The van der Waals surface area contributed by atoms with Crippen LogP contribution in [0.5, 0.6) is 0 Å². The lowest BCUT2D eigenvalue weighted by molar-refractivity contribution is 0.0466. The second kappa shape index (κ2) is 7.13. The van der Waals surface area contributed by atoms with E-state index in [2.05, 4.69) is 4.98 Å². The zero-order valence-electron chi connectivity index (χ0n) is 14.3. The fourth-order valence-electron chi connectivity index (χ4n) is 3.06. The Labute approximate surface area is 146 Å². The topological polar surface area (TPSA) is 73.7 Å². The van der Waals surface area contributed by atoms with E-state index in [1.165, 1.54) is 0 Å². The van der Waals surface area contributed by atoms with Gasteiger partial charge in [-0.15, -0.1) is 0 Å². The second-order valence-electron chi connectivity index (χ2n) is 6.32. The predicted octanol–water partition coefficient (Wildman–Crippen LogP) is 1.73. The van der Waals surface area contributed by atoms with E-state index < -0.39 is 6.10 Å². The van der Waals surface area contributed by atoms with Crippen molar-refractivity contribution in [3.63, 3.8) is 0 Å². The molecular weight excluding hydrogens is 318 g/mol. The minimum absolute atomic E-state index is 0.0141. The number of likely N-dealkylation sites (N-methyl/N-ethyl adjacent to an activating group) is 1. The number of nitrogens with zero attached hydrogens (tertiary/aromatic N) is 3. The zero-order chi connectivity index (χ0) is 18.0. The molecule has 1 aromatic heterocycles. The largest absolute Gasteiger partial charge is 0.390 e. The summed E-state index contributed by atoms with van der Waals surface area (Å²) in [5.41, 5.74) is 1.89. The first kappa shape index (κ1) is 17.3. The number of hydrogen-bond acceptors (Lipinski definition) is 5. The Balaban J connectivity index is 1.62. The first-order valence-corrected chi connectivity index (χ1v) is 8.22. The molecule has 1 aromatic carbocycles. The number of fused-ring (bicyclic) bond motifs is 1. The molecule has 2 atom stereocenters. The van der Waals surface area contributed by atoms with Gasteiger partial charge in [-0.05, 0) is 43.8 Å². The summed E-state index contributed by atoms with van der Waals surface area (Å²) in [5, 5.41) is 10.4. The standard InChI is InChI=1S/C19H21N3O3/c1-13(14-7-9-20-10-8-14)21(2)11-15(23)12-22-18(24)16-5-3-4-6-17(16)19(22)25/h3-10,13,15,23H,11-12H2,1-2H3/t13-,15-/m1/s1. The molecule has 130 valence electrons. The number of β-amino-alcohol motifs (C(OH)–C–C–N with tert-alkyl or cyclic N) is 1.